The van der Waals surface area contributed by atoms with Crippen molar-refractivity contribution in [3.05, 3.63) is 140 Å². The maximum atomic E-state index is 2.44. The molecule has 0 N–H and O–H groups in total. The first-order valence-electron chi connectivity index (χ1n) is 13.7. The lowest BCUT2D eigenvalue weighted by Crippen LogP contribution is -1.93. The fourth-order valence-corrected chi connectivity index (χ4v) is 7.90. The Kier molecular flexibility index (Phi) is 4.55. The van der Waals surface area contributed by atoms with Crippen LogP contribution in [0.5, 0.6) is 0 Å². The van der Waals surface area contributed by atoms with E-state index < -0.39 is 0 Å². The summed E-state index contributed by atoms with van der Waals surface area (Å²) >= 11 is 1.92. The van der Waals surface area contributed by atoms with Crippen molar-refractivity contribution in [2.45, 2.75) is 0 Å². The van der Waals surface area contributed by atoms with Gasteiger partial charge in [-0.3, -0.25) is 0 Å². The Morgan fingerprint density at radius 1 is 0.375 bits per heavy atom. The van der Waals surface area contributed by atoms with Crippen LogP contribution in [0.1, 0.15) is 0 Å². The summed E-state index contributed by atoms with van der Waals surface area (Å²) in [5.41, 5.74) is 6.12. The van der Waals surface area contributed by atoms with Gasteiger partial charge in [-0.1, -0.05) is 109 Å². The summed E-state index contributed by atoms with van der Waals surface area (Å²) in [6, 6.07) is 51.0. The van der Waals surface area contributed by atoms with Crippen molar-refractivity contribution in [2.75, 3.05) is 0 Å². The fourth-order valence-electron chi connectivity index (χ4n) is 6.66. The monoisotopic (exact) mass is 525 g/mol. The van der Waals surface area contributed by atoms with Gasteiger partial charge in [-0.15, -0.1) is 11.3 Å². The third-order valence-electron chi connectivity index (χ3n) is 8.38. The van der Waals surface area contributed by atoms with E-state index in [0.29, 0.717) is 0 Å². The van der Waals surface area contributed by atoms with E-state index in [0.717, 1.165) is 0 Å². The molecule has 2 heterocycles. The van der Waals surface area contributed by atoms with Gasteiger partial charge in [0, 0.05) is 47.4 Å². The molecule has 0 aliphatic carbocycles. The summed E-state index contributed by atoms with van der Waals surface area (Å²) in [5, 5.41) is 10.7. The molecule has 0 saturated heterocycles. The molecule has 40 heavy (non-hydrogen) atoms. The number of nitrogens with zero attached hydrogens (tertiary/aromatic N) is 1. The molecule has 0 aliphatic heterocycles. The van der Waals surface area contributed by atoms with E-state index in [1.54, 1.807) is 0 Å². The van der Waals surface area contributed by atoms with Gasteiger partial charge in [0.25, 0.3) is 0 Å². The molecule has 0 radical (unpaired) electrons. The van der Waals surface area contributed by atoms with Crippen LogP contribution in [-0.4, -0.2) is 4.57 Å². The third-order valence-corrected chi connectivity index (χ3v) is 9.58. The van der Waals surface area contributed by atoms with Crippen LogP contribution in [0.2, 0.25) is 0 Å². The lowest BCUT2D eigenvalue weighted by Gasteiger charge is -2.11. The van der Waals surface area contributed by atoms with E-state index in [1.807, 2.05) is 11.3 Å². The summed E-state index contributed by atoms with van der Waals surface area (Å²) in [7, 11) is 0. The van der Waals surface area contributed by atoms with Crippen LogP contribution in [0.25, 0.3) is 80.3 Å². The number of hydrogen-bond donors (Lipinski definition) is 0. The fraction of sp³-hybridized carbons (Fsp3) is 0. The first-order chi connectivity index (χ1) is 19.9. The predicted molar refractivity (Wildman–Crippen MR) is 174 cm³/mol. The van der Waals surface area contributed by atoms with Gasteiger partial charge in [0.15, 0.2) is 0 Å². The second-order valence-electron chi connectivity index (χ2n) is 10.5. The molecule has 1 nitrogen and oxygen atoms in total. The van der Waals surface area contributed by atoms with E-state index in [4.69, 9.17) is 0 Å². The molecule has 186 valence electrons. The van der Waals surface area contributed by atoms with Gasteiger partial charge in [-0.25, -0.2) is 0 Å². The van der Waals surface area contributed by atoms with Crippen LogP contribution in [0, 0.1) is 0 Å². The Bertz CT molecular complexity index is 2410. The van der Waals surface area contributed by atoms with Gasteiger partial charge in [0.1, 0.15) is 0 Å². The number of hydrogen-bond acceptors (Lipinski definition) is 1. The lowest BCUT2D eigenvalue weighted by molar-refractivity contribution is 1.18. The molecule has 0 amide bonds. The molecule has 0 aliphatic rings. The lowest BCUT2D eigenvalue weighted by atomic mass is 9.94. The molecule has 0 fully saturated rings. The SMILES string of the molecule is c1ccc(-c2ccc(-n3c4ccccc4c4c5c(ccc43)c3ccccc3c3sc4ccccc4c35)cc2)cc1. The number of benzene rings is 7. The molecule has 0 spiro atoms. The normalized spacial score (nSPS) is 12.0. The highest BCUT2D eigenvalue weighted by Crippen LogP contribution is 2.48. The van der Waals surface area contributed by atoms with Crippen LogP contribution < -0.4 is 0 Å². The van der Waals surface area contributed by atoms with Crippen molar-refractivity contribution in [3.8, 4) is 16.8 Å². The van der Waals surface area contributed by atoms with Crippen LogP contribution in [-0.2, 0) is 0 Å². The number of para-hydroxylation sites is 1. The third kappa shape index (κ3) is 2.97. The molecule has 0 saturated carbocycles. The molecular formula is C38H23NS. The summed E-state index contributed by atoms with van der Waals surface area (Å²) in [6.45, 7) is 0. The average molecular weight is 526 g/mol. The number of fused-ring (bicyclic) bond motifs is 12. The van der Waals surface area contributed by atoms with Crippen molar-refractivity contribution >= 4 is 74.9 Å². The topological polar surface area (TPSA) is 4.93 Å². The van der Waals surface area contributed by atoms with Gasteiger partial charge in [0.05, 0.1) is 11.0 Å². The van der Waals surface area contributed by atoms with Crippen LogP contribution in [0.4, 0.5) is 0 Å². The molecule has 0 bridgehead atoms. The largest absolute Gasteiger partial charge is 0.309 e. The van der Waals surface area contributed by atoms with E-state index in [2.05, 4.69) is 144 Å². The summed E-state index contributed by atoms with van der Waals surface area (Å²) in [5.74, 6) is 0. The maximum Gasteiger partial charge on any atom is 0.0547 e. The summed E-state index contributed by atoms with van der Waals surface area (Å²) in [4.78, 5) is 0. The van der Waals surface area contributed by atoms with Gasteiger partial charge >= 0.3 is 0 Å². The minimum absolute atomic E-state index is 1.18. The minimum Gasteiger partial charge on any atom is -0.309 e. The molecular weight excluding hydrogens is 502 g/mol. The Hall–Kier alpha value is -4.92. The average Bonchev–Trinajstić information content (AvgIpc) is 3.58. The van der Waals surface area contributed by atoms with E-state index in [9.17, 15) is 0 Å². The van der Waals surface area contributed by atoms with Crippen molar-refractivity contribution in [1.82, 2.24) is 4.57 Å². The van der Waals surface area contributed by atoms with Crippen molar-refractivity contribution in [1.29, 1.82) is 0 Å². The van der Waals surface area contributed by atoms with Crippen molar-refractivity contribution in [2.24, 2.45) is 0 Å². The first-order valence-corrected chi connectivity index (χ1v) is 14.5. The van der Waals surface area contributed by atoms with Gasteiger partial charge in [-0.2, -0.15) is 0 Å². The Morgan fingerprint density at radius 3 is 1.85 bits per heavy atom. The standard InChI is InChI=1S/C38H23NS/c1-2-10-24(11-3-1)25-18-20-26(21-19-25)39-32-16-8-6-14-30(32)35-33(39)23-22-28-27-12-4-5-13-29(27)38-37(36(28)35)31-15-7-9-17-34(31)40-38/h1-23H. The smallest absolute Gasteiger partial charge is 0.0547 e. The van der Waals surface area contributed by atoms with Crippen molar-refractivity contribution < 1.29 is 0 Å². The number of thiophene rings is 1. The predicted octanol–water partition coefficient (Wildman–Crippen LogP) is 11.1. The number of rotatable bonds is 2. The zero-order valence-corrected chi connectivity index (χ0v) is 22.5. The van der Waals surface area contributed by atoms with E-state index in [-0.39, 0.29) is 0 Å². The number of aromatic nitrogens is 1. The molecule has 0 unspecified atom stereocenters. The second-order valence-corrected chi connectivity index (χ2v) is 11.5. The van der Waals surface area contributed by atoms with Crippen molar-refractivity contribution in [3.63, 3.8) is 0 Å². The van der Waals surface area contributed by atoms with E-state index >= 15 is 0 Å². The maximum absolute atomic E-state index is 2.44. The Balaban J connectivity index is 1.45. The van der Waals surface area contributed by atoms with Crippen LogP contribution >= 0.6 is 11.3 Å². The molecule has 2 heteroatoms. The molecule has 9 aromatic rings. The first kappa shape index (κ1) is 22.0. The van der Waals surface area contributed by atoms with Gasteiger partial charge in [0.2, 0.25) is 0 Å². The molecule has 7 aromatic carbocycles. The second kappa shape index (κ2) is 8.29. The molecule has 2 aromatic heterocycles. The van der Waals surface area contributed by atoms with Crippen LogP contribution in [0.3, 0.4) is 0 Å². The zero-order valence-electron chi connectivity index (χ0n) is 21.6. The summed E-state index contributed by atoms with van der Waals surface area (Å²) in [6.07, 6.45) is 0. The van der Waals surface area contributed by atoms with E-state index in [1.165, 1.54) is 80.3 Å². The highest BCUT2D eigenvalue weighted by molar-refractivity contribution is 7.27. The minimum atomic E-state index is 1.18. The van der Waals surface area contributed by atoms with Crippen LogP contribution in [0.15, 0.2) is 140 Å². The van der Waals surface area contributed by atoms with Gasteiger partial charge in [-0.05, 0) is 52.2 Å². The Labute approximate surface area is 235 Å². The zero-order chi connectivity index (χ0) is 26.2. The highest BCUT2D eigenvalue weighted by Gasteiger charge is 2.20. The molecule has 0 atom stereocenters. The van der Waals surface area contributed by atoms with Gasteiger partial charge < -0.3 is 4.57 Å². The Morgan fingerprint density at radius 2 is 1.02 bits per heavy atom. The summed E-state index contributed by atoms with van der Waals surface area (Å²) < 4.78 is 5.15. The highest BCUT2D eigenvalue weighted by atomic mass is 32.1. The molecule has 9 rings (SSSR count). The quantitative estimate of drug-likeness (QED) is 0.198.